The van der Waals surface area contributed by atoms with Crippen LogP contribution in [0, 0.1) is 11.2 Å². The number of rotatable bonds is 2. The van der Waals surface area contributed by atoms with Gasteiger partial charge >= 0.3 is 157 Å². The summed E-state index contributed by atoms with van der Waals surface area (Å²) in [6, 6.07) is 8.52. The quantitative estimate of drug-likeness (QED) is 0.363. The summed E-state index contributed by atoms with van der Waals surface area (Å²) < 4.78 is 21.3. The van der Waals surface area contributed by atoms with Gasteiger partial charge in [-0.1, -0.05) is 0 Å². The fraction of sp³-hybridized carbons (Fsp3) is 0.421. The van der Waals surface area contributed by atoms with E-state index < -0.39 is 5.41 Å². The van der Waals surface area contributed by atoms with E-state index in [9.17, 15) is 9.18 Å². The van der Waals surface area contributed by atoms with Gasteiger partial charge in [-0.15, -0.1) is 0 Å². The Morgan fingerprint density at radius 1 is 1.32 bits per heavy atom. The molecule has 2 aliphatic rings. The standard InChI is InChI=1S/C19H19FIN2O2/c1-18(2)13-9-21-10-19(18,17(24)25-3)16-12(13)8-15(22-23-16)11-6-4-5-7-14(11)20/h4-8,13H,9-10H2,1-3H3/q-1/t13-,19+/m1/s1. The predicted molar refractivity (Wildman–Crippen MR) is 87.4 cm³/mol. The van der Waals surface area contributed by atoms with Crippen LogP contribution in [0.3, 0.4) is 0 Å². The van der Waals surface area contributed by atoms with Crippen LogP contribution in [0.4, 0.5) is 4.39 Å². The molecule has 0 saturated carbocycles. The maximum atomic E-state index is 14.2. The summed E-state index contributed by atoms with van der Waals surface area (Å²) >= 11 is -0.114. The molecule has 2 heterocycles. The van der Waals surface area contributed by atoms with E-state index in [0.717, 1.165) is 20.1 Å². The first-order chi connectivity index (χ1) is 11.9. The average Bonchev–Trinajstić information content (AvgIpc) is 2.73. The number of benzene rings is 1. The number of carbonyl (C=O) groups is 1. The Labute approximate surface area is 156 Å². The minimum atomic E-state index is -0.714. The van der Waals surface area contributed by atoms with Gasteiger partial charge in [-0.05, 0) is 0 Å². The van der Waals surface area contributed by atoms with Crippen LogP contribution in [0.1, 0.15) is 31.0 Å². The molecule has 0 amide bonds. The zero-order valence-electron chi connectivity index (χ0n) is 14.3. The van der Waals surface area contributed by atoms with Crippen molar-refractivity contribution in [2.75, 3.05) is 16.0 Å². The van der Waals surface area contributed by atoms with Crippen molar-refractivity contribution in [3.8, 4) is 11.3 Å². The summed E-state index contributed by atoms with van der Waals surface area (Å²) in [5.74, 6) is -0.287. The van der Waals surface area contributed by atoms with E-state index in [1.54, 1.807) is 18.2 Å². The van der Waals surface area contributed by atoms with Crippen molar-refractivity contribution in [3.63, 3.8) is 0 Å². The molecule has 6 heteroatoms. The van der Waals surface area contributed by atoms with Gasteiger partial charge in [0.15, 0.2) is 0 Å². The Kier molecular flexibility index (Phi) is 3.86. The van der Waals surface area contributed by atoms with Gasteiger partial charge in [0.1, 0.15) is 0 Å². The molecular weight excluding hydrogens is 434 g/mol. The van der Waals surface area contributed by atoms with E-state index in [1.807, 2.05) is 6.07 Å². The number of hydrogen-bond donors (Lipinski definition) is 0. The Hall–Kier alpha value is -1.57. The van der Waals surface area contributed by atoms with E-state index >= 15 is 0 Å². The molecule has 25 heavy (non-hydrogen) atoms. The van der Waals surface area contributed by atoms with Crippen molar-refractivity contribution in [2.45, 2.75) is 25.2 Å². The van der Waals surface area contributed by atoms with Crippen LogP contribution < -0.4 is 21.2 Å². The summed E-state index contributed by atoms with van der Waals surface area (Å²) in [6.07, 6.45) is 0. The van der Waals surface area contributed by atoms with Crippen LogP contribution in [0.5, 0.6) is 0 Å². The number of aromatic nitrogens is 2. The van der Waals surface area contributed by atoms with Crippen LogP contribution in [-0.4, -0.2) is 32.1 Å². The van der Waals surface area contributed by atoms with Crippen LogP contribution in [0.15, 0.2) is 30.3 Å². The molecule has 4 rings (SSSR count). The fourth-order valence-corrected chi connectivity index (χ4v) is 9.18. The van der Waals surface area contributed by atoms with Crippen molar-refractivity contribution < 1.29 is 35.1 Å². The summed E-state index contributed by atoms with van der Waals surface area (Å²) in [6.45, 7) is 4.25. The molecular formula is C19H19FIN2O2-. The Morgan fingerprint density at radius 2 is 2.08 bits per heavy atom. The molecule has 0 radical (unpaired) electrons. The third kappa shape index (κ3) is 2.12. The molecule has 132 valence electrons. The maximum absolute atomic E-state index is 14.2. The van der Waals surface area contributed by atoms with Crippen molar-refractivity contribution in [1.29, 1.82) is 0 Å². The van der Waals surface area contributed by atoms with E-state index in [1.165, 1.54) is 13.2 Å². The van der Waals surface area contributed by atoms with Gasteiger partial charge in [0, 0.05) is 0 Å². The molecule has 2 bridgehead atoms. The third-order valence-electron chi connectivity index (χ3n) is 5.82. The topological polar surface area (TPSA) is 52.1 Å². The normalized spacial score (nSPS) is 26.5. The second kappa shape index (κ2) is 5.72. The SMILES string of the molecule is COC(=O)[C@]12C[I-]C[C@H](c3cc(-c4ccccc4F)nnc31)C2(C)C. The van der Waals surface area contributed by atoms with Gasteiger partial charge in [-0.25, -0.2) is 0 Å². The van der Waals surface area contributed by atoms with Crippen molar-refractivity contribution in [2.24, 2.45) is 5.41 Å². The molecule has 1 aromatic heterocycles. The number of carbonyl (C=O) groups excluding carboxylic acids is 1. The Morgan fingerprint density at radius 3 is 2.80 bits per heavy atom. The fourth-order valence-electron chi connectivity index (χ4n) is 4.20. The molecule has 0 N–H and O–H groups in total. The van der Waals surface area contributed by atoms with Crippen LogP contribution in [0.2, 0.25) is 0 Å². The van der Waals surface area contributed by atoms with E-state index in [-0.39, 0.29) is 44.3 Å². The van der Waals surface area contributed by atoms with Gasteiger partial charge in [0.2, 0.25) is 0 Å². The van der Waals surface area contributed by atoms with Crippen LogP contribution in [-0.2, 0) is 14.9 Å². The van der Waals surface area contributed by atoms with Gasteiger partial charge in [-0.3, -0.25) is 0 Å². The zero-order valence-corrected chi connectivity index (χ0v) is 16.5. The average molecular weight is 453 g/mol. The summed E-state index contributed by atoms with van der Waals surface area (Å²) in [5.41, 5.74) is 1.77. The monoisotopic (exact) mass is 453 g/mol. The number of fused-ring (bicyclic) bond motifs is 5. The first-order valence-corrected chi connectivity index (χ1v) is 11.2. The minimum absolute atomic E-state index is 0.114. The molecule has 1 aromatic carbocycles. The van der Waals surface area contributed by atoms with Crippen LogP contribution >= 0.6 is 0 Å². The molecule has 1 aliphatic carbocycles. The van der Waals surface area contributed by atoms with Gasteiger partial charge in [-0.2, -0.15) is 0 Å². The third-order valence-corrected chi connectivity index (χ3v) is 9.00. The molecule has 2 aromatic rings. The van der Waals surface area contributed by atoms with Gasteiger partial charge in [0.05, 0.1) is 0 Å². The molecule has 1 fully saturated rings. The molecule has 0 spiro atoms. The van der Waals surface area contributed by atoms with Gasteiger partial charge in [0.25, 0.3) is 0 Å². The number of methoxy groups -OCH3 is 1. The van der Waals surface area contributed by atoms with Crippen molar-refractivity contribution in [3.05, 3.63) is 47.4 Å². The molecule has 1 saturated heterocycles. The van der Waals surface area contributed by atoms with Crippen molar-refractivity contribution >= 4 is 5.97 Å². The van der Waals surface area contributed by atoms with Gasteiger partial charge < -0.3 is 0 Å². The Bertz CT molecular complexity index is 870. The number of ether oxygens (including phenoxy) is 1. The first-order valence-electron chi connectivity index (χ1n) is 8.18. The first kappa shape index (κ1) is 16.9. The van der Waals surface area contributed by atoms with E-state index in [2.05, 4.69) is 24.0 Å². The Balaban J connectivity index is 1.93. The summed E-state index contributed by atoms with van der Waals surface area (Å²) in [5, 5.41) is 8.74. The molecule has 2 atom stereocenters. The predicted octanol–water partition coefficient (Wildman–Crippen LogP) is -0.0805. The number of nitrogens with zero attached hydrogens (tertiary/aromatic N) is 2. The van der Waals surface area contributed by atoms with E-state index in [4.69, 9.17) is 4.74 Å². The molecule has 0 unspecified atom stereocenters. The zero-order chi connectivity index (χ0) is 17.8. The molecule has 4 nitrogen and oxygen atoms in total. The second-order valence-corrected chi connectivity index (χ2v) is 9.88. The summed E-state index contributed by atoms with van der Waals surface area (Å²) in [4.78, 5) is 12.8. The number of esters is 1. The second-order valence-electron chi connectivity index (χ2n) is 7.16. The van der Waals surface area contributed by atoms with E-state index in [0.29, 0.717) is 11.3 Å². The van der Waals surface area contributed by atoms with Crippen LogP contribution in [0.25, 0.3) is 11.3 Å². The number of hydrogen-bond acceptors (Lipinski definition) is 4. The number of halogens is 2. The summed E-state index contributed by atoms with van der Waals surface area (Å²) in [7, 11) is 1.44. The molecule has 1 aliphatic heterocycles. The number of alkyl halides is 2. The van der Waals surface area contributed by atoms with Crippen molar-refractivity contribution in [1.82, 2.24) is 10.2 Å².